The highest BCUT2D eigenvalue weighted by Gasteiger charge is 2.29. The van der Waals surface area contributed by atoms with E-state index in [9.17, 15) is 22.8 Å². The van der Waals surface area contributed by atoms with Gasteiger partial charge in [0.2, 0.25) is 0 Å². The molecule has 1 aromatic heterocycles. The second-order valence-corrected chi connectivity index (χ2v) is 7.61. The number of aromatic carboxylic acids is 1. The number of carboxylic acid groups (broad SMARTS) is 1. The smallest absolute Gasteiger partial charge is 0.335 e. The number of aromatic nitrogens is 2. The molecule has 1 atom stereocenters. The molecule has 168 valence electrons. The van der Waals surface area contributed by atoms with E-state index in [4.69, 9.17) is 16.7 Å². The maximum atomic E-state index is 14.4. The monoisotopic (exact) mass is 465 g/mol. The molecule has 0 aliphatic heterocycles. The van der Waals surface area contributed by atoms with E-state index in [0.29, 0.717) is 10.6 Å². The quantitative estimate of drug-likeness (QED) is 0.518. The van der Waals surface area contributed by atoms with Crippen molar-refractivity contribution in [1.82, 2.24) is 15.1 Å². The van der Waals surface area contributed by atoms with Crippen LogP contribution >= 0.6 is 11.6 Å². The Morgan fingerprint density at radius 2 is 1.84 bits per heavy atom. The van der Waals surface area contributed by atoms with Crippen LogP contribution in [0.25, 0.3) is 0 Å². The third-order valence-corrected chi connectivity index (χ3v) is 5.20. The lowest BCUT2D eigenvalue weighted by atomic mass is 10.0. The van der Waals surface area contributed by atoms with Crippen molar-refractivity contribution in [2.75, 3.05) is 0 Å². The number of rotatable bonds is 7. The standard InChI is InChI=1S/C22H19ClF3N3O3/c1-11(15-8-5-13(22(31)32)10-16(15)24)27-21(30)18-17(28-29(2)19(18)20(25)26)9-12-3-6-14(23)7-4-12/h3-8,10-11,20H,9H2,1-2H3,(H,27,30)(H,31,32)/t11-/m0/s1. The molecule has 0 radical (unpaired) electrons. The topological polar surface area (TPSA) is 84.2 Å². The summed E-state index contributed by atoms with van der Waals surface area (Å²) in [6, 6.07) is 9.02. The van der Waals surface area contributed by atoms with Crippen molar-refractivity contribution in [1.29, 1.82) is 0 Å². The number of benzene rings is 2. The zero-order valence-electron chi connectivity index (χ0n) is 17.1. The molecular weight excluding hydrogens is 447 g/mol. The van der Waals surface area contributed by atoms with Gasteiger partial charge in [0.15, 0.2) is 0 Å². The molecule has 2 N–H and O–H groups in total. The summed E-state index contributed by atoms with van der Waals surface area (Å²) in [7, 11) is 1.32. The molecule has 0 aliphatic carbocycles. The number of carboxylic acids is 1. The molecule has 1 heterocycles. The van der Waals surface area contributed by atoms with Gasteiger partial charge in [-0.25, -0.2) is 18.0 Å². The summed E-state index contributed by atoms with van der Waals surface area (Å²) in [4.78, 5) is 24.0. The fourth-order valence-electron chi connectivity index (χ4n) is 3.37. The Balaban J connectivity index is 1.92. The van der Waals surface area contributed by atoms with Gasteiger partial charge in [0.1, 0.15) is 11.5 Å². The van der Waals surface area contributed by atoms with E-state index in [0.717, 1.165) is 10.7 Å². The summed E-state index contributed by atoms with van der Waals surface area (Å²) in [6.07, 6.45) is -2.86. The SMILES string of the molecule is C[C@H](NC(=O)c1c(Cc2ccc(Cl)cc2)nn(C)c1C(F)F)c1ccc(C(=O)O)cc1F. The maximum Gasteiger partial charge on any atom is 0.335 e. The summed E-state index contributed by atoms with van der Waals surface area (Å²) in [5.74, 6) is -2.97. The number of halogens is 4. The van der Waals surface area contributed by atoms with Crippen molar-refractivity contribution in [3.05, 3.63) is 86.9 Å². The van der Waals surface area contributed by atoms with E-state index in [-0.39, 0.29) is 28.8 Å². The molecule has 1 amide bonds. The Morgan fingerprint density at radius 1 is 1.19 bits per heavy atom. The average molecular weight is 466 g/mol. The number of alkyl halides is 2. The van der Waals surface area contributed by atoms with Gasteiger partial charge in [0, 0.05) is 24.1 Å². The number of hydrogen-bond acceptors (Lipinski definition) is 3. The predicted molar refractivity (Wildman–Crippen MR) is 112 cm³/mol. The van der Waals surface area contributed by atoms with Gasteiger partial charge in [0.25, 0.3) is 12.3 Å². The largest absolute Gasteiger partial charge is 0.478 e. The zero-order valence-corrected chi connectivity index (χ0v) is 17.8. The summed E-state index contributed by atoms with van der Waals surface area (Å²) >= 11 is 5.88. The first kappa shape index (κ1) is 23.3. The van der Waals surface area contributed by atoms with Crippen LogP contribution in [0.2, 0.25) is 5.02 Å². The Labute approximate surface area is 186 Å². The molecule has 0 fully saturated rings. The molecule has 0 saturated carbocycles. The van der Waals surface area contributed by atoms with Gasteiger partial charge in [-0.05, 0) is 36.8 Å². The molecule has 10 heteroatoms. The average Bonchev–Trinajstić information content (AvgIpc) is 3.05. The highest BCUT2D eigenvalue weighted by atomic mass is 35.5. The van der Waals surface area contributed by atoms with Crippen molar-refractivity contribution >= 4 is 23.5 Å². The molecule has 0 saturated heterocycles. The fraction of sp³-hybridized carbons (Fsp3) is 0.227. The number of carbonyl (C=O) groups excluding carboxylic acids is 1. The third kappa shape index (κ3) is 4.94. The maximum absolute atomic E-state index is 14.4. The minimum absolute atomic E-state index is 0.0186. The van der Waals surface area contributed by atoms with Gasteiger partial charge in [-0.15, -0.1) is 0 Å². The molecule has 6 nitrogen and oxygen atoms in total. The van der Waals surface area contributed by atoms with Crippen molar-refractivity contribution < 1.29 is 27.9 Å². The second kappa shape index (κ2) is 9.44. The first-order valence-corrected chi connectivity index (χ1v) is 9.88. The molecule has 0 aliphatic rings. The van der Waals surface area contributed by atoms with E-state index in [1.807, 2.05) is 0 Å². The van der Waals surface area contributed by atoms with Crippen LogP contribution in [0.3, 0.4) is 0 Å². The number of amides is 1. The number of aryl methyl sites for hydroxylation is 1. The van der Waals surface area contributed by atoms with Gasteiger partial charge in [-0.1, -0.05) is 29.8 Å². The summed E-state index contributed by atoms with van der Waals surface area (Å²) < 4.78 is 42.8. The molecule has 0 unspecified atom stereocenters. The van der Waals surface area contributed by atoms with Crippen molar-refractivity contribution in [3.63, 3.8) is 0 Å². The predicted octanol–water partition coefficient (Wildman–Crippen LogP) is 4.93. The van der Waals surface area contributed by atoms with Crippen LogP contribution in [0.15, 0.2) is 42.5 Å². The van der Waals surface area contributed by atoms with Gasteiger partial charge >= 0.3 is 5.97 Å². The van der Waals surface area contributed by atoms with Crippen LogP contribution in [0.1, 0.15) is 62.6 Å². The van der Waals surface area contributed by atoms with Gasteiger partial charge < -0.3 is 10.4 Å². The second-order valence-electron chi connectivity index (χ2n) is 7.17. The Kier molecular flexibility index (Phi) is 6.88. The van der Waals surface area contributed by atoms with E-state index in [2.05, 4.69) is 10.4 Å². The highest BCUT2D eigenvalue weighted by Crippen LogP contribution is 2.28. The zero-order chi connectivity index (χ0) is 23.6. The number of carbonyl (C=O) groups is 2. The normalized spacial score (nSPS) is 12.1. The van der Waals surface area contributed by atoms with Crippen LogP contribution in [0.5, 0.6) is 0 Å². The van der Waals surface area contributed by atoms with Crippen LogP contribution in [0, 0.1) is 5.82 Å². The first-order valence-electron chi connectivity index (χ1n) is 9.50. The molecule has 2 aromatic carbocycles. The van der Waals surface area contributed by atoms with Crippen molar-refractivity contribution in [3.8, 4) is 0 Å². The minimum atomic E-state index is -2.96. The van der Waals surface area contributed by atoms with Crippen LogP contribution in [0.4, 0.5) is 13.2 Å². The van der Waals surface area contributed by atoms with Gasteiger partial charge in [-0.3, -0.25) is 9.48 Å². The van der Waals surface area contributed by atoms with Gasteiger partial charge in [-0.2, -0.15) is 5.10 Å². The third-order valence-electron chi connectivity index (χ3n) is 4.94. The number of nitrogens with zero attached hydrogens (tertiary/aromatic N) is 2. The lowest BCUT2D eigenvalue weighted by molar-refractivity contribution is 0.0695. The summed E-state index contributed by atoms with van der Waals surface area (Å²) in [5.41, 5.74) is -0.221. The minimum Gasteiger partial charge on any atom is -0.478 e. The van der Waals surface area contributed by atoms with E-state index in [1.54, 1.807) is 24.3 Å². The Bertz CT molecular complexity index is 1160. The van der Waals surface area contributed by atoms with Crippen LogP contribution in [-0.4, -0.2) is 26.8 Å². The van der Waals surface area contributed by atoms with Crippen molar-refractivity contribution in [2.45, 2.75) is 25.8 Å². The van der Waals surface area contributed by atoms with E-state index in [1.165, 1.54) is 26.1 Å². The lowest BCUT2D eigenvalue weighted by Crippen LogP contribution is -2.29. The van der Waals surface area contributed by atoms with E-state index < -0.39 is 35.9 Å². The number of nitrogens with one attached hydrogen (secondary N) is 1. The summed E-state index contributed by atoms with van der Waals surface area (Å²) in [5, 5.41) is 16.1. The first-order chi connectivity index (χ1) is 15.1. The van der Waals surface area contributed by atoms with Crippen LogP contribution in [-0.2, 0) is 13.5 Å². The molecular formula is C22H19ClF3N3O3. The van der Waals surface area contributed by atoms with E-state index >= 15 is 0 Å². The van der Waals surface area contributed by atoms with Gasteiger partial charge in [0.05, 0.1) is 22.9 Å². The summed E-state index contributed by atoms with van der Waals surface area (Å²) in [6.45, 7) is 1.47. The molecule has 3 aromatic rings. The number of hydrogen-bond donors (Lipinski definition) is 2. The Morgan fingerprint density at radius 3 is 2.41 bits per heavy atom. The molecule has 0 spiro atoms. The molecule has 3 rings (SSSR count). The molecule has 0 bridgehead atoms. The van der Waals surface area contributed by atoms with Crippen molar-refractivity contribution in [2.24, 2.45) is 7.05 Å². The highest BCUT2D eigenvalue weighted by molar-refractivity contribution is 6.30. The van der Waals surface area contributed by atoms with Crippen LogP contribution < -0.4 is 5.32 Å². The fourth-order valence-corrected chi connectivity index (χ4v) is 3.50. The lowest BCUT2D eigenvalue weighted by Gasteiger charge is -2.16. The molecule has 32 heavy (non-hydrogen) atoms. The Hall–Kier alpha value is -3.33.